The molecule has 3 rings (SSSR count). The van der Waals surface area contributed by atoms with Gasteiger partial charge in [-0.2, -0.15) is 10.2 Å². The number of rotatable bonds is 3. The van der Waals surface area contributed by atoms with Gasteiger partial charge in [-0.3, -0.25) is 4.79 Å². The molecule has 0 spiro atoms. The first-order chi connectivity index (χ1) is 11.2. The molecule has 0 radical (unpaired) electrons. The molecule has 0 N–H and O–H groups in total. The highest BCUT2D eigenvalue weighted by Gasteiger charge is 2.29. The van der Waals surface area contributed by atoms with Gasteiger partial charge >= 0.3 is 0 Å². The minimum Gasteiger partial charge on any atom is -0.339 e. The third kappa shape index (κ3) is 3.24. The SMILES string of the molecule is CCc1noc([C@H]2CCCN(C(=O)c3cccc(C#N)c3)C2)n1. The van der Waals surface area contributed by atoms with E-state index in [0.29, 0.717) is 35.9 Å². The van der Waals surface area contributed by atoms with Crippen LogP contribution >= 0.6 is 0 Å². The Labute approximate surface area is 134 Å². The number of carbonyl (C=O) groups excluding carboxylic acids is 1. The molecule has 1 fully saturated rings. The Morgan fingerprint density at radius 2 is 2.39 bits per heavy atom. The molecular weight excluding hydrogens is 292 g/mol. The molecule has 118 valence electrons. The van der Waals surface area contributed by atoms with Crippen LogP contribution in [0.4, 0.5) is 0 Å². The molecule has 2 heterocycles. The Bertz CT molecular complexity index is 747. The molecule has 1 aliphatic heterocycles. The van der Waals surface area contributed by atoms with Crippen LogP contribution in [0.3, 0.4) is 0 Å². The molecule has 1 atom stereocenters. The topological polar surface area (TPSA) is 83.0 Å². The summed E-state index contributed by atoms with van der Waals surface area (Å²) in [6.45, 7) is 3.26. The molecule has 0 saturated carbocycles. The van der Waals surface area contributed by atoms with Gasteiger partial charge in [-0.25, -0.2) is 0 Å². The summed E-state index contributed by atoms with van der Waals surface area (Å²) in [6, 6.07) is 8.87. The normalized spacial score (nSPS) is 17.7. The molecular formula is C17H18N4O2. The van der Waals surface area contributed by atoms with Crippen molar-refractivity contribution in [3.63, 3.8) is 0 Å². The smallest absolute Gasteiger partial charge is 0.253 e. The summed E-state index contributed by atoms with van der Waals surface area (Å²) in [5, 5.41) is 12.9. The molecule has 1 aromatic heterocycles. The highest BCUT2D eigenvalue weighted by atomic mass is 16.5. The van der Waals surface area contributed by atoms with E-state index in [0.717, 1.165) is 19.3 Å². The summed E-state index contributed by atoms with van der Waals surface area (Å²) in [4.78, 5) is 18.8. The first-order valence-corrected chi connectivity index (χ1v) is 7.83. The van der Waals surface area contributed by atoms with Gasteiger partial charge in [-0.1, -0.05) is 18.1 Å². The lowest BCUT2D eigenvalue weighted by atomic mass is 9.97. The van der Waals surface area contributed by atoms with E-state index in [1.165, 1.54) is 0 Å². The molecule has 1 aromatic carbocycles. The van der Waals surface area contributed by atoms with Crippen LogP contribution in [0.1, 0.15) is 53.3 Å². The minimum absolute atomic E-state index is 0.0537. The molecule has 1 saturated heterocycles. The van der Waals surface area contributed by atoms with Gasteiger partial charge in [0, 0.05) is 25.1 Å². The molecule has 0 aliphatic carbocycles. The lowest BCUT2D eigenvalue weighted by molar-refractivity contribution is 0.0695. The van der Waals surface area contributed by atoms with Crippen molar-refractivity contribution < 1.29 is 9.32 Å². The van der Waals surface area contributed by atoms with E-state index in [9.17, 15) is 4.79 Å². The van der Waals surface area contributed by atoms with Gasteiger partial charge in [0.15, 0.2) is 5.82 Å². The maximum Gasteiger partial charge on any atom is 0.253 e. The van der Waals surface area contributed by atoms with Crippen LogP contribution < -0.4 is 0 Å². The number of likely N-dealkylation sites (tertiary alicyclic amines) is 1. The largest absolute Gasteiger partial charge is 0.339 e. The maximum atomic E-state index is 12.7. The molecule has 1 aliphatic rings. The van der Waals surface area contributed by atoms with E-state index in [1.807, 2.05) is 6.92 Å². The number of hydrogen-bond acceptors (Lipinski definition) is 5. The summed E-state index contributed by atoms with van der Waals surface area (Å²) < 4.78 is 5.32. The molecule has 0 unspecified atom stereocenters. The third-order valence-electron chi connectivity index (χ3n) is 4.10. The van der Waals surface area contributed by atoms with E-state index >= 15 is 0 Å². The molecule has 23 heavy (non-hydrogen) atoms. The zero-order chi connectivity index (χ0) is 16.2. The average Bonchev–Trinajstić information content (AvgIpc) is 3.10. The van der Waals surface area contributed by atoms with Gasteiger partial charge in [0.1, 0.15) is 0 Å². The summed E-state index contributed by atoms with van der Waals surface area (Å²) in [5.74, 6) is 1.34. The fourth-order valence-electron chi connectivity index (χ4n) is 2.84. The highest BCUT2D eigenvalue weighted by molar-refractivity contribution is 5.94. The number of aromatic nitrogens is 2. The van der Waals surface area contributed by atoms with Crippen LogP contribution in [0.25, 0.3) is 0 Å². The second-order valence-electron chi connectivity index (χ2n) is 5.69. The standard InChI is InChI=1S/C17H18N4O2/c1-2-15-19-16(23-20-15)14-7-4-8-21(11-14)17(22)13-6-3-5-12(9-13)10-18/h3,5-6,9,14H,2,4,7-8,11H2,1H3/t14-/m0/s1. The zero-order valence-corrected chi connectivity index (χ0v) is 13.0. The van der Waals surface area contributed by atoms with Crippen LogP contribution in [0, 0.1) is 11.3 Å². The van der Waals surface area contributed by atoms with Crippen molar-refractivity contribution in [1.82, 2.24) is 15.0 Å². The summed E-state index contributed by atoms with van der Waals surface area (Å²) in [6.07, 6.45) is 2.57. The lowest BCUT2D eigenvalue weighted by Gasteiger charge is -2.31. The van der Waals surface area contributed by atoms with Gasteiger partial charge in [0.05, 0.1) is 17.6 Å². The Balaban J connectivity index is 1.75. The maximum absolute atomic E-state index is 12.7. The average molecular weight is 310 g/mol. The number of hydrogen-bond donors (Lipinski definition) is 0. The molecule has 1 amide bonds. The highest BCUT2D eigenvalue weighted by Crippen LogP contribution is 2.26. The Morgan fingerprint density at radius 1 is 1.52 bits per heavy atom. The summed E-state index contributed by atoms with van der Waals surface area (Å²) >= 11 is 0. The Hall–Kier alpha value is -2.68. The van der Waals surface area contributed by atoms with Crippen LogP contribution in [-0.2, 0) is 6.42 Å². The van der Waals surface area contributed by atoms with Crippen molar-refractivity contribution in [3.05, 3.63) is 47.1 Å². The van der Waals surface area contributed by atoms with Crippen molar-refractivity contribution in [2.45, 2.75) is 32.1 Å². The van der Waals surface area contributed by atoms with Crippen molar-refractivity contribution in [2.24, 2.45) is 0 Å². The van der Waals surface area contributed by atoms with Crippen LogP contribution in [0.5, 0.6) is 0 Å². The molecule has 6 heteroatoms. The number of carbonyl (C=O) groups is 1. The van der Waals surface area contributed by atoms with Crippen molar-refractivity contribution in [1.29, 1.82) is 5.26 Å². The van der Waals surface area contributed by atoms with Crippen LogP contribution in [0.2, 0.25) is 0 Å². The van der Waals surface area contributed by atoms with Crippen molar-refractivity contribution >= 4 is 5.91 Å². The predicted octanol–water partition coefficient (Wildman–Crippen LogP) is 2.52. The predicted molar refractivity (Wildman–Crippen MR) is 82.7 cm³/mol. The fraction of sp³-hybridized carbons (Fsp3) is 0.412. The number of piperidine rings is 1. The second-order valence-corrected chi connectivity index (χ2v) is 5.69. The number of nitriles is 1. The van der Waals surface area contributed by atoms with E-state index in [4.69, 9.17) is 9.78 Å². The van der Waals surface area contributed by atoms with E-state index < -0.39 is 0 Å². The summed E-state index contributed by atoms with van der Waals surface area (Å²) in [7, 11) is 0. The second kappa shape index (κ2) is 6.61. The van der Waals surface area contributed by atoms with Crippen molar-refractivity contribution in [3.8, 4) is 6.07 Å². The molecule has 2 aromatic rings. The van der Waals surface area contributed by atoms with E-state index in [-0.39, 0.29) is 11.8 Å². The van der Waals surface area contributed by atoms with E-state index in [1.54, 1.807) is 29.2 Å². The van der Waals surface area contributed by atoms with Gasteiger partial charge in [0.25, 0.3) is 5.91 Å². The number of benzene rings is 1. The third-order valence-corrected chi connectivity index (χ3v) is 4.10. The van der Waals surface area contributed by atoms with Crippen LogP contribution in [0.15, 0.2) is 28.8 Å². The summed E-state index contributed by atoms with van der Waals surface area (Å²) in [5.41, 5.74) is 1.04. The van der Waals surface area contributed by atoms with Crippen LogP contribution in [-0.4, -0.2) is 34.0 Å². The fourth-order valence-corrected chi connectivity index (χ4v) is 2.84. The Morgan fingerprint density at radius 3 is 3.13 bits per heavy atom. The quantitative estimate of drug-likeness (QED) is 0.870. The van der Waals surface area contributed by atoms with Gasteiger partial charge < -0.3 is 9.42 Å². The van der Waals surface area contributed by atoms with Gasteiger partial charge in [-0.15, -0.1) is 0 Å². The minimum atomic E-state index is -0.0537. The zero-order valence-electron chi connectivity index (χ0n) is 13.0. The number of amides is 1. The van der Waals surface area contributed by atoms with Crippen molar-refractivity contribution in [2.75, 3.05) is 13.1 Å². The number of aryl methyl sites for hydroxylation is 1. The monoisotopic (exact) mass is 310 g/mol. The molecule has 6 nitrogen and oxygen atoms in total. The number of nitrogens with zero attached hydrogens (tertiary/aromatic N) is 4. The Kier molecular flexibility index (Phi) is 4.38. The van der Waals surface area contributed by atoms with Gasteiger partial charge in [0.2, 0.25) is 5.89 Å². The first kappa shape index (κ1) is 15.2. The van der Waals surface area contributed by atoms with E-state index in [2.05, 4.69) is 16.2 Å². The molecule has 0 bridgehead atoms. The van der Waals surface area contributed by atoms with Gasteiger partial charge in [-0.05, 0) is 31.0 Å². The first-order valence-electron chi connectivity index (χ1n) is 7.83. The lowest BCUT2D eigenvalue weighted by Crippen LogP contribution is -2.39.